The molecule has 0 aromatic heterocycles. The van der Waals surface area contributed by atoms with Gasteiger partial charge in [-0.15, -0.1) is 11.8 Å². The summed E-state index contributed by atoms with van der Waals surface area (Å²) >= 11 is 7.43. The Hall–Kier alpha value is -2.51. The standard InChI is InChI=1S/C21H24ClN3O3S/c1-15(2)24-20(26)12-28-19-8-6-16(7-9-19)11-23-25-21(27)14-29-13-17-4-3-5-18(22)10-17/h3-11,15H,12-14H2,1-2H3,(H,24,26)(H,25,27)/b23-11-. The summed E-state index contributed by atoms with van der Waals surface area (Å²) in [5, 5.41) is 7.40. The zero-order valence-electron chi connectivity index (χ0n) is 16.4. The van der Waals surface area contributed by atoms with Gasteiger partial charge in [0.1, 0.15) is 5.75 Å². The summed E-state index contributed by atoms with van der Waals surface area (Å²) in [5.41, 5.74) is 4.37. The summed E-state index contributed by atoms with van der Waals surface area (Å²) in [6, 6.07) is 14.7. The molecule has 2 amide bonds. The van der Waals surface area contributed by atoms with Gasteiger partial charge >= 0.3 is 0 Å². The van der Waals surface area contributed by atoms with E-state index in [-0.39, 0.29) is 24.5 Å². The summed E-state index contributed by atoms with van der Waals surface area (Å²) in [5.74, 6) is 1.25. The second kappa shape index (κ2) is 12.1. The number of hydrogen-bond acceptors (Lipinski definition) is 5. The lowest BCUT2D eigenvalue weighted by molar-refractivity contribution is -0.123. The average Bonchev–Trinajstić information content (AvgIpc) is 2.67. The Labute approximate surface area is 180 Å². The van der Waals surface area contributed by atoms with Crippen LogP contribution in [-0.2, 0) is 15.3 Å². The van der Waals surface area contributed by atoms with E-state index in [0.717, 1.165) is 11.1 Å². The number of ether oxygens (including phenoxy) is 1. The van der Waals surface area contributed by atoms with Crippen LogP contribution in [0.25, 0.3) is 0 Å². The lowest BCUT2D eigenvalue weighted by Gasteiger charge is -2.09. The van der Waals surface area contributed by atoms with Crippen molar-refractivity contribution in [1.29, 1.82) is 0 Å². The van der Waals surface area contributed by atoms with Crippen LogP contribution < -0.4 is 15.5 Å². The average molecular weight is 434 g/mol. The Morgan fingerprint density at radius 1 is 1.17 bits per heavy atom. The van der Waals surface area contributed by atoms with E-state index in [9.17, 15) is 9.59 Å². The van der Waals surface area contributed by atoms with Crippen LogP contribution in [0.5, 0.6) is 5.75 Å². The van der Waals surface area contributed by atoms with Gasteiger partial charge in [-0.2, -0.15) is 5.10 Å². The van der Waals surface area contributed by atoms with Crippen molar-refractivity contribution in [1.82, 2.24) is 10.7 Å². The molecule has 0 bridgehead atoms. The minimum atomic E-state index is -0.176. The molecule has 2 aromatic rings. The highest BCUT2D eigenvalue weighted by molar-refractivity contribution is 7.99. The molecule has 0 radical (unpaired) electrons. The monoisotopic (exact) mass is 433 g/mol. The maximum Gasteiger partial charge on any atom is 0.258 e. The van der Waals surface area contributed by atoms with Gasteiger partial charge in [0.25, 0.3) is 5.91 Å². The van der Waals surface area contributed by atoms with Crippen molar-refractivity contribution in [3.63, 3.8) is 0 Å². The van der Waals surface area contributed by atoms with Gasteiger partial charge in [-0.3, -0.25) is 9.59 Å². The van der Waals surface area contributed by atoms with E-state index < -0.39 is 0 Å². The molecule has 0 saturated carbocycles. The second-order valence-electron chi connectivity index (χ2n) is 6.50. The minimum absolute atomic E-state index is 0.0332. The SMILES string of the molecule is CC(C)NC(=O)COc1ccc(/C=N\NC(=O)CSCc2cccc(Cl)c2)cc1. The van der Waals surface area contributed by atoms with Crippen LogP contribution in [0.2, 0.25) is 5.02 Å². The lowest BCUT2D eigenvalue weighted by atomic mass is 10.2. The van der Waals surface area contributed by atoms with Crippen molar-refractivity contribution in [2.75, 3.05) is 12.4 Å². The number of amides is 2. The van der Waals surface area contributed by atoms with Gasteiger partial charge in [-0.1, -0.05) is 23.7 Å². The highest BCUT2D eigenvalue weighted by Crippen LogP contribution is 2.16. The molecule has 0 aliphatic carbocycles. The van der Waals surface area contributed by atoms with Crippen LogP contribution >= 0.6 is 23.4 Å². The number of hydrazone groups is 1. The number of nitrogens with zero attached hydrogens (tertiary/aromatic N) is 1. The Balaban J connectivity index is 1.68. The van der Waals surface area contributed by atoms with Crippen molar-refractivity contribution >= 4 is 41.4 Å². The van der Waals surface area contributed by atoms with Gasteiger partial charge < -0.3 is 10.1 Å². The van der Waals surface area contributed by atoms with Crippen LogP contribution in [0.4, 0.5) is 0 Å². The quantitative estimate of drug-likeness (QED) is 0.443. The maximum absolute atomic E-state index is 11.8. The zero-order chi connectivity index (χ0) is 21.1. The second-order valence-corrected chi connectivity index (χ2v) is 7.92. The van der Waals surface area contributed by atoms with Gasteiger partial charge in [0, 0.05) is 16.8 Å². The van der Waals surface area contributed by atoms with Crippen LogP contribution in [0.15, 0.2) is 53.6 Å². The number of halogens is 1. The fourth-order valence-corrected chi connectivity index (χ4v) is 3.24. The van der Waals surface area contributed by atoms with Crippen LogP contribution in [-0.4, -0.2) is 36.4 Å². The van der Waals surface area contributed by atoms with Crippen molar-refractivity contribution in [3.05, 3.63) is 64.7 Å². The summed E-state index contributed by atoms with van der Waals surface area (Å²) < 4.78 is 5.42. The Kier molecular flexibility index (Phi) is 9.53. The molecule has 0 aliphatic rings. The molecule has 2 aromatic carbocycles. The highest BCUT2D eigenvalue weighted by Gasteiger charge is 2.04. The molecule has 0 fully saturated rings. The van der Waals surface area contributed by atoms with E-state index >= 15 is 0 Å². The van der Waals surface area contributed by atoms with Crippen LogP contribution in [0, 0.1) is 0 Å². The molecular weight excluding hydrogens is 410 g/mol. The Morgan fingerprint density at radius 3 is 2.62 bits per heavy atom. The third-order valence-corrected chi connectivity index (χ3v) is 4.73. The normalized spacial score (nSPS) is 10.9. The number of benzene rings is 2. The van der Waals surface area contributed by atoms with Crippen molar-refractivity contribution < 1.29 is 14.3 Å². The van der Waals surface area contributed by atoms with E-state index in [4.69, 9.17) is 16.3 Å². The minimum Gasteiger partial charge on any atom is -0.484 e. The predicted octanol–water partition coefficient (Wildman–Crippen LogP) is 3.63. The first kappa shape index (κ1) is 22.8. The maximum atomic E-state index is 11.8. The summed E-state index contributed by atoms with van der Waals surface area (Å²) in [6.45, 7) is 3.75. The first-order valence-corrected chi connectivity index (χ1v) is 10.6. The first-order chi connectivity index (χ1) is 13.9. The van der Waals surface area contributed by atoms with Crippen molar-refractivity contribution in [2.24, 2.45) is 5.10 Å². The van der Waals surface area contributed by atoms with Gasteiger partial charge in [0.2, 0.25) is 5.91 Å². The molecule has 154 valence electrons. The van der Waals surface area contributed by atoms with Gasteiger partial charge in [0.15, 0.2) is 6.61 Å². The molecule has 0 spiro atoms. The third kappa shape index (κ3) is 9.49. The van der Waals surface area contributed by atoms with E-state index in [1.165, 1.54) is 11.8 Å². The molecule has 0 saturated heterocycles. The van der Waals surface area contributed by atoms with E-state index in [0.29, 0.717) is 22.3 Å². The first-order valence-electron chi connectivity index (χ1n) is 9.08. The molecule has 0 unspecified atom stereocenters. The molecule has 0 heterocycles. The van der Waals surface area contributed by atoms with Crippen molar-refractivity contribution in [2.45, 2.75) is 25.6 Å². The fraction of sp³-hybridized carbons (Fsp3) is 0.286. The largest absolute Gasteiger partial charge is 0.484 e. The summed E-state index contributed by atoms with van der Waals surface area (Å²) in [6.07, 6.45) is 1.55. The predicted molar refractivity (Wildman–Crippen MR) is 119 cm³/mol. The fourth-order valence-electron chi connectivity index (χ4n) is 2.26. The molecular formula is C21H24ClN3O3S. The lowest BCUT2D eigenvalue weighted by Crippen LogP contribution is -2.34. The van der Waals surface area contributed by atoms with Gasteiger partial charge in [0.05, 0.1) is 12.0 Å². The topological polar surface area (TPSA) is 79.8 Å². The van der Waals surface area contributed by atoms with Gasteiger partial charge in [-0.25, -0.2) is 5.43 Å². The molecule has 0 aliphatic heterocycles. The summed E-state index contributed by atoms with van der Waals surface area (Å²) in [7, 11) is 0. The van der Waals surface area contributed by atoms with E-state index in [1.807, 2.05) is 38.1 Å². The van der Waals surface area contributed by atoms with Crippen molar-refractivity contribution in [3.8, 4) is 5.75 Å². The van der Waals surface area contributed by atoms with E-state index in [1.54, 1.807) is 30.5 Å². The number of carbonyl (C=O) groups excluding carboxylic acids is 2. The molecule has 29 heavy (non-hydrogen) atoms. The number of nitrogens with one attached hydrogen (secondary N) is 2. The molecule has 2 rings (SSSR count). The highest BCUT2D eigenvalue weighted by atomic mass is 35.5. The smallest absolute Gasteiger partial charge is 0.258 e. The number of carbonyl (C=O) groups is 2. The molecule has 0 atom stereocenters. The number of hydrogen-bond donors (Lipinski definition) is 2. The van der Waals surface area contributed by atoms with E-state index in [2.05, 4.69) is 15.8 Å². The zero-order valence-corrected chi connectivity index (χ0v) is 17.9. The third-order valence-electron chi connectivity index (χ3n) is 3.49. The van der Waals surface area contributed by atoms with Crippen LogP contribution in [0.3, 0.4) is 0 Å². The Bertz CT molecular complexity index is 841. The van der Waals surface area contributed by atoms with Crippen LogP contribution in [0.1, 0.15) is 25.0 Å². The molecule has 8 heteroatoms. The molecule has 6 nitrogen and oxygen atoms in total. The number of rotatable bonds is 10. The Morgan fingerprint density at radius 2 is 1.93 bits per heavy atom. The number of thioether (sulfide) groups is 1. The van der Waals surface area contributed by atoms with Gasteiger partial charge in [-0.05, 0) is 61.4 Å². The summed E-state index contributed by atoms with van der Waals surface area (Å²) in [4.78, 5) is 23.4. The molecule has 2 N–H and O–H groups in total.